The van der Waals surface area contributed by atoms with Gasteiger partial charge < -0.3 is 16.4 Å². The van der Waals surface area contributed by atoms with Gasteiger partial charge in [-0.3, -0.25) is 9.36 Å². The summed E-state index contributed by atoms with van der Waals surface area (Å²) in [6.07, 6.45) is 1.64. The van der Waals surface area contributed by atoms with Crippen LogP contribution >= 0.6 is 0 Å². The predicted molar refractivity (Wildman–Crippen MR) is 156 cm³/mol. The highest BCUT2D eigenvalue weighted by atomic mass is 16.2. The van der Waals surface area contributed by atoms with E-state index >= 15 is 0 Å². The lowest BCUT2D eigenvalue weighted by Gasteiger charge is -2.21. The molecule has 2 amide bonds. The number of nitrogens with one attached hydrogen (secondary N) is 2. The Hall–Kier alpha value is -4.41. The number of rotatable bonds is 5. The molecule has 4 N–H and O–H groups in total. The number of aromatic nitrogens is 2. The van der Waals surface area contributed by atoms with Crippen molar-refractivity contribution in [1.29, 1.82) is 0 Å². The Morgan fingerprint density at radius 1 is 0.974 bits per heavy atom. The normalized spacial score (nSPS) is 10.9. The van der Waals surface area contributed by atoms with Crippen molar-refractivity contribution < 1.29 is 4.79 Å². The average Bonchev–Trinajstić information content (AvgIpc) is 2.90. The maximum absolute atomic E-state index is 13.6. The van der Waals surface area contributed by atoms with Gasteiger partial charge in [0.25, 0.3) is 5.56 Å². The largest absolute Gasteiger partial charge is 0.323 e. The first-order chi connectivity index (χ1) is 18.2. The number of para-hydroxylation sites is 1. The number of benzene rings is 2. The van der Waals surface area contributed by atoms with Crippen LogP contribution in [0.25, 0.3) is 22.2 Å². The lowest BCUT2D eigenvalue weighted by atomic mass is 9.93. The summed E-state index contributed by atoms with van der Waals surface area (Å²) < 4.78 is 1.45. The van der Waals surface area contributed by atoms with Crippen molar-refractivity contribution in [3.05, 3.63) is 87.8 Å². The summed E-state index contributed by atoms with van der Waals surface area (Å²) in [4.78, 5) is 31.5. The van der Waals surface area contributed by atoms with Crippen molar-refractivity contribution in [3.8, 4) is 23.0 Å². The molecule has 0 spiro atoms. The molecule has 4 aromatic rings. The van der Waals surface area contributed by atoms with Crippen LogP contribution in [0.3, 0.4) is 0 Å². The van der Waals surface area contributed by atoms with Crippen LogP contribution in [0.1, 0.15) is 56.2 Å². The lowest BCUT2D eigenvalue weighted by Crippen LogP contribution is -2.29. The zero-order valence-electron chi connectivity index (χ0n) is 22.4. The Morgan fingerprint density at radius 2 is 1.63 bits per heavy atom. The summed E-state index contributed by atoms with van der Waals surface area (Å²) in [6, 6.07) is 16.8. The topological polar surface area (TPSA) is 102 Å². The molecule has 7 nitrogen and oxygen atoms in total. The number of hydrogen-bond acceptors (Lipinski definition) is 4. The van der Waals surface area contributed by atoms with Crippen molar-refractivity contribution in [3.63, 3.8) is 0 Å². The van der Waals surface area contributed by atoms with E-state index < -0.39 is 6.03 Å². The van der Waals surface area contributed by atoms with Gasteiger partial charge in [-0.2, -0.15) is 0 Å². The Balaban J connectivity index is 1.87. The molecule has 0 aliphatic heterocycles. The van der Waals surface area contributed by atoms with Crippen molar-refractivity contribution in [2.24, 2.45) is 12.8 Å². The van der Waals surface area contributed by atoms with E-state index in [0.29, 0.717) is 11.2 Å². The number of anilines is 2. The first-order valence-corrected chi connectivity index (χ1v) is 12.7. The van der Waals surface area contributed by atoms with Crippen molar-refractivity contribution in [1.82, 2.24) is 9.55 Å². The Labute approximate surface area is 223 Å². The molecule has 0 saturated heterocycles. The van der Waals surface area contributed by atoms with Crippen LogP contribution in [-0.4, -0.2) is 22.1 Å². The van der Waals surface area contributed by atoms with E-state index in [1.807, 2.05) is 54.6 Å². The van der Waals surface area contributed by atoms with Gasteiger partial charge in [-0.25, -0.2) is 9.78 Å². The van der Waals surface area contributed by atoms with E-state index in [2.05, 4.69) is 55.2 Å². The molecule has 0 aliphatic carbocycles. The van der Waals surface area contributed by atoms with Gasteiger partial charge in [0.2, 0.25) is 0 Å². The van der Waals surface area contributed by atoms with Crippen molar-refractivity contribution >= 4 is 28.4 Å². The number of fused-ring (bicyclic) bond motifs is 1. The van der Waals surface area contributed by atoms with E-state index in [1.54, 1.807) is 13.2 Å². The van der Waals surface area contributed by atoms with Crippen molar-refractivity contribution in [2.75, 3.05) is 17.2 Å². The molecule has 7 heteroatoms. The highest BCUT2D eigenvalue weighted by Gasteiger charge is 2.21. The Bertz CT molecular complexity index is 1600. The van der Waals surface area contributed by atoms with Crippen LogP contribution in [0.2, 0.25) is 0 Å². The summed E-state index contributed by atoms with van der Waals surface area (Å²) in [5, 5.41) is 6.67. The fourth-order valence-electron chi connectivity index (χ4n) is 4.64. The van der Waals surface area contributed by atoms with Gasteiger partial charge in [0.15, 0.2) is 0 Å². The molecule has 0 aliphatic rings. The average molecular weight is 508 g/mol. The van der Waals surface area contributed by atoms with E-state index in [9.17, 15) is 9.59 Å². The molecule has 2 heterocycles. The van der Waals surface area contributed by atoms with Crippen LogP contribution < -0.4 is 21.9 Å². The van der Waals surface area contributed by atoms with Gasteiger partial charge in [0, 0.05) is 35.4 Å². The van der Waals surface area contributed by atoms with Crippen LogP contribution in [0, 0.1) is 11.8 Å². The number of carbonyl (C=O) groups excluding carboxylic acids is 1. The van der Waals surface area contributed by atoms with E-state index in [0.717, 1.165) is 33.3 Å². The molecule has 0 atom stereocenters. The second-order valence-electron chi connectivity index (χ2n) is 9.78. The quantitative estimate of drug-likeness (QED) is 0.297. The highest BCUT2D eigenvalue weighted by Crippen LogP contribution is 2.35. The molecule has 2 aromatic heterocycles. The van der Waals surface area contributed by atoms with Gasteiger partial charge in [0.1, 0.15) is 11.3 Å². The van der Waals surface area contributed by atoms with Gasteiger partial charge in [-0.15, -0.1) is 0 Å². The molecule has 0 fully saturated rings. The molecule has 2 aromatic carbocycles. The molecule has 0 radical (unpaired) electrons. The Morgan fingerprint density at radius 3 is 2.29 bits per heavy atom. The third kappa shape index (κ3) is 5.31. The third-order valence-corrected chi connectivity index (χ3v) is 6.48. The predicted octanol–water partition coefficient (Wildman–Crippen LogP) is 5.80. The molecule has 194 valence electrons. The molecule has 4 rings (SSSR count). The molecule has 38 heavy (non-hydrogen) atoms. The van der Waals surface area contributed by atoms with Gasteiger partial charge in [-0.1, -0.05) is 69.9 Å². The minimum atomic E-state index is -0.485. The SMILES string of the molecule is CC(C)c1cccc(C(C)C)c1NC(=O)Nc1c(-c2cccc(C#CCN)c2)c2cccnc2n(C)c1=O. The second-order valence-corrected chi connectivity index (χ2v) is 9.78. The second kappa shape index (κ2) is 11.3. The number of nitrogens with zero attached hydrogens (tertiary/aromatic N) is 2. The number of hydrogen-bond donors (Lipinski definition) is 3. The molecular formula is C31H33N5O2. The zero-order chi connectivity index (χ0) is 27.4. The zero-order valence-corrected chi connectivity index (χ0v) is 22.4. The van der Waals surface area contributed by atoms with Crippen LogP contribution in [0.15, 0.2) is 65.6 Å². The van der Waals surface area contributed by atoms with Crippen LogP contribution in [0.5, 0.6) is 0 Å². The minimum Gasteiger partial charge on any atom is -0.320 e. The van der Waals surface area contributed by atoms with Gasteiger partial charge in [0.05, 0.1) is 6.54 Å². The van der Waals surface area contributed by atoms with Gasteiger partial charge >= 0.3 is 6.03 Å². The summed E-state index contributed by atoms with van der Waals surface area (Å²) >= 11 is 0. The lowest BCUT2D eigenvalue weighted by molar-refractivity contribution is 0.262. The number of nitrogens with two attached hydrogens (primary N) is 1. The summed E-state index contributed by atoms with van der Waals surface area (Å²) in [6.45, 7) is 8.60. The van der Waals surface area contributed by atoms with Crippen LogP contribution in [-0.2, 0) is 7.05 Å². The number of aryl methyl sites for hydroxylation is 1. The van der Waals surface area contributed by atoms with E-state index in [4.69, 9.17) is 5.73 Å². The monoisotopic (exact) mass is 507 g/mol. The number of pyridine rings is 2. The number of urea groups is 1. The number of amides is 2. The smallest absolute Gasteiger partial charge is 0.320 e. The maximum atomic E-state index is 13.6. The minimum absolute atomic E-state index is 0.169. The maximum Gasteiger partial charge on any atom is 0.323 e. The van der Waals surface area contributed by atoms with Crippen molar-refractivity contribution in [2.45, 2.75) is 39.5 Å². The Kier molecular flexibility index (Phi) is 7.94. The summed E-state index contributed by atoms with van der Waals surface area (Å²) in [7, 11) is 1.65. The summed E-state index contributed by atoms with van der Waals surface area (Å²) in [5.74, 6) is 6.32. The highest BCUT2D eigenvalue weighted by molar-refractivity contribution is 6.07. The number of carbonyl (C=O) groups is 1. The first-order valence-electron chi connectivity index (χ1n) is 12.7. The first kappa shape index (κ1) is 26.6. The third-order valence-electron chi connectivity index (χ3n) is 6.48. The van der Waals surface area contributed by atoms with E-state index in [-0.39, 0.29) is 29.6 Å². The molecular weight excluding hydrogens is 474 g/mol. The molecule has 0 bridgehead atoms. The van der Waals surface area contributed by atoms with Crippen LogP contribution in [0.4, 0.5) is 16.2 Å². The van der Waals surface area contributed by atoms with Gasteiger partial charge in [-0.05, 0) is 52.8 Å². The summed E-state index contributed by atoms with van der Waals surface area (Å²) in [5.41, 5.74) is 10.8. The standard InChI is InChI=1S/C31H33N5O2/c1-19(2)23-13-7-14-24(20(3)4)27(23)34-31(38)35-28-26(22-12-6-10-21(18-22)11-8-16-32)25-15-9-17-33-29(25)36(5)30(28)37/h6-7,9-10,12-15,17-20H,16,32H2,1-5H3,(H2,34,35,38). The van der Waals surface area contributed by atoms with E-state index in [1.165, 1.54) is 4.57 Å². The fraction of sp³-hybridized carbons (Fsp3) is 0.258. The molecule has 0 saturated carbocycles. The fourth-order valence-corrected chi connectivity index (χ4v) is 4.64. The molecule has 0 unspecified atom stereocenters.